The van der Waals surface area contributed by atoms with E-state index < -0.39 is 0 Å². The molecule has 1 heterocycles. The number of rotatable bonds is 3. The summed E-state index contributed by atoms with van der Waals surface area (Å²) < 4.78 is 5.40. The summed E-state index contributed by atoms with van der Waals surface area (Å²) in [6, 6.07) is 9.30. The number of aromatic nitrogens is 2. The van der Waals surface area contributed by atoms with Crippen LogP contribution in [0, 0.1) is 11.3 Å². The lowest BCUT2D eigenvalue weighted by Gasteiger charge is -2.05. The number of hydrogen-bond donors (Lipinski definition) is 0. The van der Waals surface area contributed by atoms with Gasteiger partial charge < -0.3 is 4.74 Å². The molecule has 0 unspecified atom stereocenters. The van der Waals surface area contributed by atoms with Gasteiger partial charge in [0, 0.05) is 10.6 Å². The molecule has 2 rings (SSSR count). The van der Waals surface area contributed by atoms with Crippen LogP contribution in [0.2, 0.25) is 5.02 Å². The molecule has 0 saturated carbocycles. The molecule has 0 atom stereocenters. The van der Waals surface area contributed by atoms with E-state index in [1.165, 1.54) is 12.4 Å². The van der Waals surface area contributed by atoms with Gasteiger partial charge >= 0.3 is 0 Å². The Bertz CT molecular complexity index is 548. The fourth-order valence-electron chi connectivity index (χ4n) is 1.22. The van der Waals surface area contributed by atoms with Gasteiger partial charge in [0.2, 0.25) is 5.88 Å². The summed E-state index contributed by atoms with van der Waals surface area (Å²) in [5.41, 5.74) is 1.13. The third kappa shape index (κ3) is 2.92. The summed E-state index contributed by atoms with van der Waals surface area (Å²) >= 11 is 5.98. The Morgan fingerprint density at radius 1 is 1.24 bits per heavy atom. The molecule has 0 aliphatic heterocycles. The van der Waals surface area contributed by atoms with Gasteiger partial charge in [-0.1, -0.05) is 29.8 Å². The van der Waals surface area contributed by atoms with Crippen LogP contribution in [0.3, 0.4) is 0 Å². The van der Waals surface area contributed by atoms with E-state index in [0.29, 0.717) is 17.5 Å². The quantitative estimate of drug-likeness (QED) is 0.834. The minimum absolute atomic E-state index is 0.259. The van der Waals surface area contributed by atoms with Crippen molar-refractivity contribution in [1.82, 2.24) is 9.97 Å². The highest BCUT2D eigenvalue weighted by Crippen LogP contribution is 2.16. The first kappa shape index (κ1) is 11.4. The predicted octanol–water partition coefficient (Wildman–Crippen LogP) is 2.58. The molecule has 0 aliphatic carbocycles. The SMILES string of the molecule is N#Cc1cnc(OCc2ccccc2Cl)cn1. The van der Waals surface area contributed by atoms with E-state index in [4.69, 9.17) is 21.6 Å². The fourth-order valence-corrected chi connectivity index (χ4v) is 1.41. The molecule has 0 amide bonds. The fraction of sp³-hybridized carbons (Fsp3) is 0.0833. The molecule has 0 fully saturated rings. The molecule has 0 spiro atoms. The van der Waals surface area contributed by atoms with Gasteiger partial charge in [0.15, 0.2) is 5.69 Å². The zero-order valence-electron chi connectivity index (χ0n) is 8.80. The van der Waals surface area contributed by atoms with Crippen molar-refractivity contribution in [2.24, 2.45) is 0 Å². The van der Waals surface area contributed by atoms with E-state index in [9.17, 15) is 0 Å². The number of hydrogen-bond acceptors (Lipinski definition) is 4. The first-order valence-corrected chi connectivity index (χ1v) is 5.26. The van der Waals surface area contributed by atoms with Crippen LogP contribution in [-0.2, 0) is 6.61 Å². The summed E-state index contributed by atoms with van der Waals surface area (Å²) in [7, 11) is 0. The van der Waals surface area contributed by atoms with Gasteiger partial charge in [-0.15, -0.1) is 0 Å². The van der Waals surface area contributed by atoms with Crippen LogP contribution >= 0.6 is 11.6 Å². The predicted molar refractivity (Wildman–Crippen MR) is 62.5 cm³/mol. The summed E-state index contributed by atoms with van der Waals surface area (Å²) in [4.78, 5) is 7.79. The van der Waals surface area contributed by atoms with Crippen LogP contribution in [0.15, 0.2) is 36.7 Å². The average molecular weight is 246 g/mol. The van der Waals surface area contributed by atoms with Crippen LogP contribution < -0.4 is 4.74 Å². The second-order valence-electron chi connectivity index (χ2n) is 3.23. The molecule has 84 valence electrons. The Hall–Kier alpha value is -2.12. The second-order valence-corrected chi connectivity index (χ2v) is 3.64. The van der Waals surface area contributed by atoms with Gasteiger partial charge in [-0.3, -0.25) is 0 Å². The van der Waals surface area contributed by atoms with Gasteiger partial charge in [0.1, 0.15) is 12.7 Å². The Morgan fingerprint density at radius 3 is 2.71 bits per heavy atom. The Balaban J connectivity index is 2.03. The lowest BCUT2D eigenvalue weighted by molar-refractivity contribution is 0.292. The largest absolute Gasteiger partial charge is 0.472 e. The molecule has 0 N–H and O–H groups in total. The van der Waals surface area contributed by atoms with Crippen molar-refractivity contribution in [2.45, 2.75) is 6.61 Å². The third-order valence-corrected chi connectivity index (χ3v) is 2.44. The summed E-state index contributed by atoms with van der Waals surface area (Å²) in [5.74, 6) is 0.365. The monoisotopic (exact) mass is 245 g/mol. The molecule has 1 aromatic carbocycles. The van der Waals surface area contributed by atoms with Crippen molar-refractivity contribution in [3.63, 3.8) is 0 Å². The highest BCUT2D eigenvalue weighted by Gasteiger charge is 2.01. The van der Waals surface area contributed by atoms with Crippen molar-refractivity contribution in [3.8, 4) is 11.9 Å². The standard InChI is InChI=1S/C12H8ClN3O/c13-11-4-2-1-3-9(11)8-17-12-7-15-10(5-14)6-16-12/h1-4,6-7H,8H2. The number of halogens is 1. The molecule has 4 nitrogen and oxygen atoms in total. The van der Waals surface area contributed by atoms with Crippen molar-refractivity contribution in [2.75, 3.05) is 0 Å². The molecular formula is C12H8ClN3O. The van der Waals surface area contributed by atoms with Crippen LogP contribution in [0.1, 0.15) is 11.3 Å². The van der Waals surface area contributed by atoms with Crippen molar-refractivity contribution >= 4 is 11.6 Å². The molecule has 2 aromatic rings. The van der Waals surface area contributed by atoms with E-state index in [1.54, 1.807) is 6.07 Å². The van der Waals surface area contributed by atoms with Gasteiger partial charge in [-0.25, -0.2) is 9.97 Å². The number of ether oxygens (including phenoxy) is 1. The third-order valence-electron chi connectivity index (χ3n) is 2.08. The highest BCUT2D eigenvalue weighted by molar-refractivity contribution is 6.31. The maximum atomic E-state index is 8.56. The first-order chi connectivity index (χ1) is 8.29. The van der Waals surface area contributed by atoms with Crippen molar-refractivity contribution < 1.29 is 4.74 Å². The maximum Gasteiger partial charge on any atom is 0.232 e. The second kappa shape index (κ2) is 5.28. The molecule has 5 heteroatoms. The molecule has 0 saturated heterocycles. The lowest BCUT2D eigenvalue weighted by atomic mass is 10.2. The van der Waals surface area contributed by atoms with E-state index in [-0.39, 0.29) is 5.69 Å². The maximum absolute atomic E-state index is 8.56. The van der Waals surface area contributed by atoms with Crippen molar-refractivity contribution in [3.05, 3.63) is 52.9 Å². The van der Waals surface area contributed by atoms with Gasteiger partial charge in [0.25, 0.3) is 0 Å². The van der Waals surface area contributed by atoms with Crippen LogP contribution in [0.4, 0.5) is 0 Å². The highest BCUT2D eigenvalue weighted by atomic mass is 35.5. The number of benzene rings is 1. The van der Waals surface area contributed by atoms with Gasteiger partial charge in [-0.2, -0.15) is 5.26 Å². The first-order valence-electron chi connectivity index (χ1n) is 4.88. The van der Waals surface area contributed by atoms with Crippen molar-refractivity contribution in [1.29, 1.82) is 5.26 Å². The number of nitriles is 1. The minimum atomic E-state index is 0.259. The lowest BCUT2D eigenvalue weighted by Crippen LogP contribution is -1.98. The Labute approximate surface area is 103 Å². The minimum Gasteiger partial charge on any atom is -0.472 e. The van der Waals surface area contributed by atoms with Crippen LogP contribution in [-0.4, -0.2) is 9.97 Å². The van der Waals surface area contributed by atoms with E-state index in [1.807, 2.05) is 24.3 Å². The topological polar surface area (TPSA) is 58.8 Å². The zero-order valence-corrected chi connectivity index (χ0v) is 9.55. The zero-order chi connectivity index (χ0) is 12.1. The molecule has 17 heavy (non-hydrogen) atoms. The van der Waals surface area contributed by atoms with E-state index in [0.717, 1.165) is 5.56 Å². The van der Waals surface area contributed by atoms with Crippen LogP contribution in [0.25, 0.3) is 0 Å². The van der Waals surface area contributed by atoms with Gasteiger partial charge in [0.05, 0.1) is 12.4 Å². The average Bonchev–Trinajstić information content (AvgIpc) is 2.38. The molecule has 0 radical (unpaired) electrons. The molecule has 1 aromatic heterocycles. The summed E-state index contributed by atoms with van der Waals surface area (Å²) in [5, 5.41) is 9.21. The smallest absolute Gasteiger partial charge is 0.232 e. The summed E-state index contributed by atoms with van der Waals surface area (Å²) in [6.45, 7) is 0.320. The molecule has 0 aliphatic rings. The van der Waals surface area contributed by atoms with E-state index >= 15 is 0 Å². The summed E-state index contributed by atoms with van der Waals surface area (Å²) in [6.07, 6.45) is 2.78. The Morgan fingerprint density at radius 2 is 2.06 bits per heavy atom. The van der Waals surface area contributed by atoms with E-state index in [2.05, 4.69) is 9.97 Å². The van der Waals surface area contributed by atoms with Gasteiger partial charge in [-0.05, 0) is 6.07 Å². The molecule has 0 bridgehead atoms. The van der Waals surface area contributed by atoms with Crippen LogP contribution in [0.5, 0.6) is 5.88 Å². The Kier molecular flexibility index (Phi) is 3.53. The normalized spacial score (nSPS) is 9.65. The molecular weight excluding hydrogens is 238 g/mol. The number of nitrogens with zero attached hydrogens (tertiary/aromatic N) is 3.